The molecule has 1 fully saturated rings. The van der Waals surface area contributed by atoms with E-state index in [0.29, 0.717) is 22.3 Å². The summed E-state index contributed by atoms with van der Waals surface area (Å²) in [5.41, 5.74) is 1.17. The summed E-state index contributed by atoms with van der Waals surface area (Å²) in [6, 6.07) is 7.00. The number of nitriles is 1. The lowest BCUT2D eigenvalue weighted by atomic mass is 10.1. The largest absolute Gasteiger partial charge is 0.469 e. The second-order valence-corrected chi connectivity index (χ2v) is 5.06. The molecule has 0 N–H and O–H groups in total. The van der Waals surface area contributed by atoms with E-state index in [2.05, 4.69) is 20.7 Å². The number of hydrogen-bond acceptors (Lipinski definition) is 4. The Kier molecular flexibility index (Phi) is 3.86. The molecule has 1 unspecified atom stereocenters. The molecule has 1 heterocycles. The van der Waals surface area contributed by atoms with E-state index < -0.39 is 5.92 Å². The number of rotatable bonds is 2. The molecule has 5 nitrogen and oxygen atoms in total. The third-order valence-corrected chi connectivity index (χ3v) is 3.66. The molecule has 98 valence electrons. The maximum Gasteiger partial charge on any atom is 0.311 e. The van der Waals surface area contributed by atoms with Crippen molar-refractivity contribution in [3.63, 3.8) is 0 Å². The van der Waals surface area contributed by atoms with Crippen LogP contribution in [0.15, 0.2) is 22.7 Å². The molecule has 0 saturated carbocycles. The number of hydrogen-bond donors (Lipinski definition) is 0. The molecule has 0 aliphatic carbocycles. The van der Waals surface area contributed by atoms with Gasteiger partial charge in [0.25, 0.3) is 0 Å². The third kappa shape index (κ3) is 2.61. The van der Waals surface area contributed by atoms with E-state index in [1.54, 1.807) is 18.2 Å². The van der Waals surface area contributed by atoms with Crippen LogP contribution in [0.5, 0.6) is 0 Å². The van der Waals surface area contributed by atoms with E-state index in [-0.39, 0.29) is 18.3 Å². The molecule has 0 radical (unpaired) electrons. The van der Waals surface area contributed by atoms with Gasteiger partial charge in [-0.3, -0.25) is 9.59 Å². The zero-order valence-corrected chi connectivity index (χ0v) is 11.8. The Labute approximate surface area is 118 Å². The third-order valence-electron chi connectivity index (χ3n) is 3.03. The second-order valence-electron chi connectivity index (χ2n) is 4.21. The molecule has 1 aliphatic rings. The molecule has 1 atom stereocenters. The predicted octanol–water partition coefficient (Wildman–Crippen LogP) is 1.85. The van der Waals surface area contributed by atoms with Crippen LogP contribution in [0.25, 0.3) is 0 Å². The van der Waals surface area contributed by atoms with E-state index in [0.717, 1.165) is 0 Å². The number of amides is 1. The first-order valence-corrected chi connectivity index (χ1v) is 6.44. The average Bonchev–Trinajstić information content (AvgIpc) is 2.79. The minimum absolute atomic E-state index is 0.124. The molecule has 0 spiro atoms. The van der Waals surface area contributed by atoms with E-state index in [1.807, 2.05) is 6.07 Å². The number of halogens is 1. The topological polar surface area (TPSA) is 70.4 Å². The first kappa shape index (κ1) is 13.6. The van der Waals surface area contributed by atoms with Crippen molar-refractivity contribution < 1.29 is 14.3 Å². The summed E-state index contributed by atoms with van der Waals surface area (Å²) in [5.74, 6) is -0.929. The lowest BCUT2D eigenvalue weighted by molar-refractivity contribution is -0.145. The average molecular weight is 323 g/mol. The molecule has 19 heavy (non-hydrogen) atoms. The normalized spacial score (nSPS) is 18.3. The Morgan fingerprint density at radius 3 is 2.89 bits per heavy atom. The maximum atomic E-state index is 11.9. The first-order valence-electron chi connectivity index (χ1n) is 5.64. The van der Waals surface area contributed by atoms with Crippen molar-refractivity contribution in [2.45, 2.75) is 6.42 Å². The number of esters is 1. The van der Waals surface area contributed by atoms with Crippen LogP contribution in [0.3, 0.4) is 0 Å². The second kappa shape index (κ2) is 5.41. The molecular weight excluding hydrogens is 312 g/mol. The SMILES string of the molecule is COC(=O)C1CC(=O)N(c2ccc(C#N)cc2Br)C1. The molecule has 1 aliphatic heterocycles. The molecular formula is C13H11BrN2O3. The van der Waals surface area contributed by atoms with Gasteiger partial charge in [0.05, 0.1) is 30.3 Å². The highest BCUT2D eigenvalue weighted by Crippen LogP contribution is 2.32. The highest BCUT2D eigenvalue weighted by molar-refractivity contribution is 9.10. The summed E-state index contributed by atoms with van der Waals surface area (Å²) >= 11 is 3.34. The Morgan fingerprint density at radius 2 is 2.32 bits per heavy atom. The molecule has 1 amide bonds. The highest BCUT2D eigenvalue weighted by Gasteiger charge is 2.36. The number of nitrogens with zero attached hydrogens (tertiary/aromatic N) is 2. The fourth-order valence-corrected chi connectivity index (χ4v) is 2.65. The van der Waals surface area contributed by atoms with E-state index in [1.165, 1.54) is 12.0 Å². The summed E-state index contributed by atoms with van der Waals surface area (Å²) in [4.78, 5) is 24.9. The molecule has 6 heteroatoms. The van der Waals surface area contributed by atoms with Crippen molar-refractivity contribution in [3.8, 4) is 6.07 Å². The lowest BCUT2D eigenvalue weighted by Gasteiger charge is -2.18. The summed E-state index contributed by atoms with van der Waals surface area (Å²) in [5, 5.41) is 8.80. The van der Waals surface area contributed by atoms with Crippen molar-refractivity contribution in [3.05, 3.63) is 28.2 Å². The number of ether oxygens (including phenoxy) is 1. The minimum Gasteiger partial charge on any atom is -0.469 e. The zero-order chi connectivity index (χ0) is 14.0. The molecule has 1 aromatic carbocycles. The summed E-state index contributed by atoms with van der Waals surface area (Å²) in [6.07, 6.45) is 0.152. The Hall–Kier alpha value is -1.87. The van der Waals surface area contributed by atoms with Gasteiger partial charge < -0.3 is 9.64 Å². The van der Waals surface area contributed by atoms with Crippen molar-refractivity contribution in [1.82, 2.24) is 0 Å². The van der Waals surface area contributed by atoms with Gasteiger partial charge in [-0.15, -0.1) is 0 Å². The predicted molar refractivity (Wildman–Crippen MR) is 71.3 cm³/mol. The standard InChI is InChI=1S/C13H11BrN2O3/c1-19-13(18)9-5-12(17)16(7-9)11-3-2-8(6-15)4-10(11)14/h2-4,9H,5,7H2,1H3. The van der Waals surface area contributed by atoms with Crippen molar-refractivity contribution in [1.29, 1.82) is 5.26 Å². The number of carbonyl (C=O) groups excluding carboxylic acids is 2. The minimum atomic E-state index is -0.431. The summed E-state index contributed by atoms with van der Waals surface area (Å²) in [6.45, 7) is 0.302. The fourth-order valence-electron chi connectivity index (χ4n) is 2.06. The van der Waals surface area contributed by atoms with E-state index in [4.69, 9.17) is 5.26 Å². The zero-order valence-electron chi connectivity index (χ0n) is 10.2. The van der Waals surface area contributed by atoms with Gasteiger partial charge in [-0.1, -0.05) is 0 Å². The lowest BCUT2D eigenvalue weighted by Crippen LogP contribution is -2.26. The van der Waals surface area contributed by atoms with Crippen molar-refractivity contribution in [2.24, 2.45) is 5.92 Å². The van der Waals surface area contributed by atoms with Crippen LogP contribution in [0, 0.1) is 17.2 Å². The molecule has 1 saturated heterocycles. The molecule has 2 rings (SSSR count). The summed E-state index contributed by atoms with van der Waals surface area (Å²) in [7, 11) is 1.31. The van der Waals surface area contributed by atoms with Gasteiger partial charge in [0, 0.05) is 17.4 Å². The van der Waals surface area contributed by atoms with Crippen LogP contribution in [-0.2, 0) is 14.3 Å². The quantitative estimate of drug-likeness (QED) is 0.779. The number of benzene rings is 1. The van der Waals surface area contributed by atoms with Gasteiger partial charge in [0.2, 0.25) is 5.91 Å². The van der Waals surface area contributed by atoms with Gasteiger partial charge in [0.1, 0.15) is 0 Å². The summed E-state index contributed by atoms with van der Waals surface area (Å²) < 4.78 is 5.32. The fraction of sp³-hybridized carbons (Fsp3) is 0.308. The van der Waals surface area contributed by atoms with Gasteiger partial charge in [-0.25, -0.2) is 0 Å². The van der Waals surface area contributed by atoms with Gasteiger partial charge in [-0.05, 0) is 34.1 Å². The van der Waals surface area contributed by atoms with Gasteiger partial charge >= 0.3 is 5.97 Å². The van der Waals surface area contributed by atoms with Gasteiger partial charge in [0.15, 0.2) is 0 Å². The Morgan fingerprint density at radius 1 is 1.58 bits per heavy atom. The smallest absolute Gasteiger partial charge is 0.311 e. The van der Waals surface area contributed by atoms with E-state index >= 15 is 0 Å². The van der Waals surface area contributed by atoms with Crippen LogP contribution < -0.4 is 4.90 Å². The monoisotopic (exact) mass is 322 g/mol. The van der Waals surface area contributed by atoms with Crippen LogP contribution in [0.4, 0.5) is 5.69 Å². The Balaban J connectivity index is 2.26. The number of carbonyl (C=O) groups is 2. The van der Waals surface area contributed by atoms with Gasteiger partial charge in [-0.2, -0.15) is 5.26 Å². The number of methoxy groups -OCH3 is 1. The number of anilines is 1. The van der Waals surface area contributed by atoms with Crippen LogP contribution >= 0.6 is 15.9 Å². The van der Waals surface area contributed by atoms with Crippen molar-refractivity contribution in [2.75, 3.05) is 18.6 Å². The van der Waals surface area contributed by atoms with Crippen LogP contribution in [0.2, 0.25) is 0 Å². The molecule has 0 bridgehead atoms. The first-order chi connectivity index (χ1) is 9.06. The van der Waals surface area contributed by atoms with Crippen LogP contribution in [-0.4, -0.2) is 25.5 Å². The van der Waals surface area contributed by atoms with Crippen LogP contribution in [0.1, 0.15) is 12.0 Å². The van der Waals surface area contributed by atoms with Crippen molar-refractivity contribution >= 4 is 33.5 Å². The molecule has 1 aromatic rings. The maximum absolute atomic E-state index is 11.9. The van der Waals surface area contributed by atoms with E-state index in [9.17, 15) is 9.59 Å². The Bertz CT molecular complexity index is 580. The molecule has 0 aromatic heterocycles. The highest BCUT2D eigenvalue weighted by atomic mass is 79.9.